The van der Waals surface area contributed by atoms with Gasteiger partial charge in [-0.2, -0.15) is 0 Å². The summed E-state index contributed by atoms with van der Waals surface area (Å²) < 4.78 is 30.9. The van der Waals surface area contributed by atoms with E-state index < -0.39 is 11.4 Å². The molecule has 0 saturated heterocycles. The maximum absolute atomic E-state index is 14.4. The number of fused-ring (bicyclic) bond motifs is 1. The van der Waals surface area contributed by atoms with Crippen molar-refractivity contribution in [2.45, 2.75) is 45.1 Å². The van der Waals surface area contributed by atoms with E-state index in [1.807, 2.05) is 42.9 Å². The summed E-state index contributed by atoms with van der Waals surface area (Å²) in [5, 5.41) is 6.32. The first kappa shape index (κ1) is 26.2. The number of rotatable bonds is 11. The lowest BCUT2D eigenvalue weighted by Crippen LogP contribution is -2.49. The standard InChI is InChI=1S/C26H30FIN4O4/c1-26(2)14-19-21(25(33)32-26)23(30-18-9-7-8-17(27)24(18)34-3)22(31-19)16-10-11-29-15-20(16)35-12-5-4-6-13-36-28/h7-11,15,30-31H,4-6,12-14H2,1-3H3,(H,32,33). The number of carbonyl (C=O) groups excluding carboxylic acids is 1. The predicted octanol–water partition coefficient (Wildman–Crippen LogP) is 5.95. The minimum absolute atomic E-state index is 0.0663. The molecule has 0 unspecified atom stereocenters. The van der Waals surface area contributed by atoms with Crippen molar-refractivity contribution in [1.82, 2.24) is 15.3 Å². The quantitative estimate of drug-likeness (QED) is 0.184. The molecule has 10 heteroatoms. The Morgan fingerprint density at radius 3 is 2.78 bits per heavy atom. The van der Waals surface area contributed by atoms with Crippen molar-refractivity contribution >= 4 is 40.3 Å². The number of hydrogen-bond acceptors (Lipinski definition) is 6. The Morgan fingerprint density at radius 1 is 1.19 bits per heavy atom. The van der Waals surface area contributed by atoms with Crippen molar-refractivity contribution in [3.05, 3.63) is 53.7 Å². The highest BCUT2D eigenvalue weighted by Crippen LogP contribution is 2.43. The van der Waals surface area contributed by atoms with Gasteiger partial charge in [-0.25, -0.2) is 4.39 Å². The average Bonchev–Trinajstić information content (AvgIpc) is 3.18. The SMILES string of the molecule is COc1c(F)cccc1Nc1c(-c2ccncc2OCCCCCOI)[nH]c2c1C(=O)NC(C)(C)C2. The lowest BCUT2D eigenvalue weighted by Gasteiger charge is -2.30. The zero-order valence-electron chi connectivity index (χ0n) is 20.5. The number of nitrogens with zero attached hydrogens (tertiary/aromatic N) is 1. The minimum atomic E-state index is -0.500. The highest BCUT2D eigenvalue weighted by molar-refractivity contribution is 14.1. The van der Waals surface area contributed by atoms with Gasteiger partial charge in [0.25, 0.3) is 5.91 Å². The molecule has 0 atom stereocenters. The smallest absolute Gasteiger partial charge is 0.255 e. The molecule has 0 saturated carbocycles. The van der Waals surface area contributed by atoms with E-state index in [1.165, 1.54) is 13.2 Å². The summed E-state index contributed by atoms with van der Waals surface area (Å²) in [7, 11) is 1.41. The first-order chi connectivity index (χ1) is 17.3. The molecule has 1 aliphatic heterocycles. The Morgan fingerprint density at radius 2 is 2.00 bits per heavy atom. The molecule has 8 nitrogen and oxygen atoms in total. The summed E-state index contributed by atoms with van der Waals surface area (Å²) in [5.41, 5.74) is 3.20. The number of H-pyrrole nitrogens is 1. The molecule has 3 heterocycles. The van der Waals surface area contributed by atoms with Crippen LogP contribution in [0.5, 0.6) is 11.5 Å². The summed E-state index contributed by atoms with van der Waals surface area (Å²) in [5.74, 6) is -0.0534. The van der Waals surface area contributed by atoms with Gasteiger partial charge >= 0.3 is 0 Å². The number of aromatic nitrogens is 2. The van der Waals surface area contributed by atoms with Gasteiger partial charge < -0.3 is 28.2 Å². The number of anilines is 2. The van der Waals surface area contributed by atoms with Gasteiger partial charge in [-0.05, 0) is 51.3 Å². The van der Waals surface area contributed by atoms with Gasteiger partial charge in [0.15, 0.2) is 11.6 Å². The van der Waals surface area contributed by atoms with Gasteiger partial charge in [0.2, 0.25) is 0 Å². The molecule has 36 heavy (non-hydrogen) atoms. The molecule has 0 radical (unpaired) electrons. The summed E-state index contributed by atoms with van der Waals surface area (Å²) in [4.78, 5) is 20.9. The van der Waals surface area contributed by atoms with E-state index in [4.69, 9.17) is 12.5 Å². The number of halogens is 2. The topological polar surface area (TPSA) is 97.5 Å². The molecule has 192 valence electrons. The van der Waals surface area contributed by atoms with Crippen molar-refractivity contribution in [3.8, 4) is 22.8 Å². The van der Waals surface area contributed by atoms with Crippen LogP contribution in [-0.4, -0.2) is 41.7 Å². The highest BCUT2D eigenvalue weighted by atomic mass is 127. The zero-order chi connectivity index (χ0) is 25.7. The highest BCUT2D eigenvalue weighted by Gasteiger charge is 2.36. The van der Waals surface area contributed by atoms with E-state index >= 15 is 0 Å². The number of carbonyl (C=O) groups is 1. The predicted molar refractivity (Wildman–Crippen MR) is 145 cm³/mol. The van der Waals surface area contributed by atoms with Crippen LogP contribution in [0.2, 0.25) is 0 Å². The first-order valence-electron chi connectivity index (χ1n) is 11.8. The van der Waals surface area contributed by atoms with Crippen molar-refractivity contribution < 1.29 is 21.7 Å². The van der Waals surface area contributed by atoms with Crippen LogP contribution in [0.1, 0.15) is 49.2 Å². The van der Waals surface area contributed by atoms with Crippen LogP contribution in [0, 0.1) is 5.82 Å². The van der Waals surface area contributed by atoms with E-state index in [0.717, 1.165) is 30.5 Å². The van der Waals surface area contributed by atoms with Gasteiger partial charge in [0, 0.05) is 29.4 Å². The second kappa shape index (κ2) is 11.5. The number of para-hydroxylation sites is 1. The summed E-state index contributed by atoms with van der Waals surface area (Å²) >= 11 is 1.90. The van der Waals surface area contributed by atoms with Gasteiger partial charge in [-0.15, -0.1) is 0 Å². The van der Waals surface area contributed by atoms with Crippen molar-refractivity contribution in [3.63, 3.8) is 0 Å². The number of unbranched alkanes of at least 4 members (excludes halogenated alkanes) is 2. The Bertz CT molecular complexity index is 1230. The Labute approximate surface area is 224 Å². The molecule has 2 aromatic heterocycles. The molecule has 0 fully saturated rings. The Kier molecular flexibility index (Phi) is 8.35. The fourth-order valence-corrected chi connectivity index (χ4v) is 4.70. The summed E-state index contributed by atoms with van der Waals surface area (Å²) in [6.07, 6.45) is 6.76. The lowest BCUT2D eigenvalue weighted by atomic mass is 9.91. The van der Waals surface area contributed by atoms with Crippen LogP contribution in [-0.2, 0) is 9.49 Å². The summed E-state index contributed by atoms with van der Waals surface area (Å²) in [6.45, 7) is 5.18. The third-order valence-electron chi connectivity index (χ3n) is 5.98. The summed E-state index contributed by atoms with van der Waals surface area (Å²) in [6, 6.07) is 6.47. The molecule has 3 aromatic rings. The van der Waals surface area contributed by atoms with Crippen LogP contribution in [0.15, 0.2) is 36.7 Å². The fourth-order valence-electron chi connectivity index (χ4n) is 4.39. The van der Waals surface area contributed by atoms with Crippen LogP contribution in [0.3, 0.4) is 0 Å². The van der Waals surface area contributed by atoms with Crippen LogP contribution in [0.4, 0.5) is 15.8 Å². The normalized spacial score (nSPS) is 14.2. The van der Waals surface area contributed by atoms with E-state index in [-0.39, 0.29) is 11.7 Å². The van der Waals surface area contributed by atoms with Crippen molar-refractivity contribution in [2.24, 2.45) is 0 Å². The number of ether oxygens (including phenoxy) is 2. The van der Waals surface area contributed by atoms with Crippen molar-refractivity contribution in [2.75, 3.05) is 25.6 Å². The maximum Gasteiger partial charge on any atom is 0.255 e. The largest absolute Gasteiger partial charge is 0.492 e. The molecule has 1 amide bonds. The van der Waals surface area contributed by atoms with E-state index in [9.17, 15) is 9.18 Å². The van der Waals surface area contributed by atoms with Gasteiger partial charge in [0.05, 0.1) is 49.2 Å². The second-order valence-corrected chi connectivity index (χ2v) is 9.91. The lowest BCUT2D eigenvalue weighted by molar-refractivity contribution is 0.0897. The van der Waals surface area contributed by atoms with Crippen LogP contribution in [0.25, 0.3) is 11.3 Å². The molecule has 0 aliphatic carbocycles. The zero-order valence-corrected chi connectivity index (χ0v) is 22.7. The minimum Gasteiger partial charge on any atom is -0.492 e. The van der Waals surface area contributed by atoms with Crippen molar-refractivity contribution in [1.29, 1.82) is 0 Å². The van der Waals surface area contributed by atoms with E-state index in [0.29, 0.717) is 48.0 Å². The van der Waals surface area contributed by atoms with Gasteiger partial charge in [-0.3, -0.25) is 9.78 Å². The number of amides is 1. The maximum atomic E-state index is 14.4. The number of aromatic amines is 1. The monoisotopic (exact) mass is 608 g/mol. The molecule has 1 aromatic carbocycles. The Hall–Kier alpha value is -2.86. The number of nitrogens with one attached hydrogen (secondary N) is 3. The number of methoxy groups -OCH3 is 1. The first-order valence-corrected chi connectivity index (χ1v) is 12.7. The van der Waals surface area contributed by atoms with Gasteiger partial charge in [-0.1, -0.05) is 6.07 Å². The molecular formula is C26H30FIN4O4. The van der Waals surface area contributed by atoms with Crippen LogP contribution < -0.4 is 20.1 Å². The molecule has 0 spiro atoms. The third kappa shape index (κ3) is 5.75. The molecule has 1 aliphatic rings. The number of benzene rings is 1. The number of pyridine rings is 1. The van der Waals surface area contributed by atoms with E-state index in [1.54, 1.807) is 24.5 Å². The third-order valence-corrected chi connectivity index (χ3v) is 6.42. The molecule has 0 bridgehead atoms. The molecular weight excluding hydrogens is 578 g/mol. The molecule has 3 N–H and O–H groups in total. The molecule has 4 rings (SSSR count). The fraction of sp³-hybridized carbons (Fsp3) is 0.385. The Balaban J connectivity index is 1.74. The second-order valence-electron chi connectivity index (χ2n) is 9.28. The number of hydrogen-bond donors (Lipinski definition) is 3. The van der Waals surface area contributed by atoms with Gasteiger partial charge in [0.1, 0.15) is 28.8 Å². The average molecular weight is 608 g/mol. The van der Waals surface area contributed by atoms with Crippen LogP contribution >= 0.6 is 23.0 Å². The van der Waals surface area contributed by atoms with E-state index in [2.05, 4.69) is 20.6 Å².